The summed E-state index contributed by atoms with van der Waals surface area (Å²) in [6.07, 6.45) is 1.67. The second kappa shape index (κ2) is 7.97. The molecule has 7 heteroatoms. The maximum absolute atomic E-state index is 12.7. The fraction of sp³-hybridized carbons (Fsp3) is 0.500. The van der Waals surface area contributed by atoms with Crippen LogP contribution in [0.1, 0.15) is 54.6 Å². The fourth-order valence-corrected chi connectivity index (χ4v) is 3.12. The highest BCUT2D eigenvalue weighted by Crippen LogP contribution is 2.23. The van der Waals surface area contributed by atoms with E-state index in [9.17, 15) is 4.79 Å². The summed E-state index contributed by atoms with van der Waals surface area (Å²) >= 11 is 0. The van der Waals surface area contributed by atoms with Crippen molar-refractivity contribution in [2.75, 3.05) is 13.1 Å². The number of aromatic nitrogens is 3. The van der Waals surface area contributed by atoms with Gasteiger partial charge in [-0.15, -0.1) is 17.5 Å². The monoisotopic (exact) mass is 363 g/mol. The van der Waals surface area contributed by atoms with E-state index in [1.165, 1.54) is 5.56 Å². The van der Waals surface area contributed by atoms with Crippen LogP contribution in [0, 0.1) is 6.92 Å². The Kier molecular flexibility index (Phi) is 6.19. The van der Waals surface area contributed by atoms with Gasteiger partial charge in [0.15, 0.2) is 0 Å². The number of carbonyl (C=O) groups excluding carboxylic acids is 1. The van der Waals surface area contributed by atoms with Crippen LogP contribution in [0.3, 0.4) is 0 Å². The van der Waals surface area contributed by atoms with Crippen LogP contribution in [-0.2, 0) is 0 Å². The van der Waals surface area contributed by atoms with Crippen molar-refractivity contribution < 1.29 is 4.79 Å². The largest absolute Gasteiger partial charge is 0.336 e. The molecule has 1 aliphatic rings. The van der Waals surface area contributed by atoms with Crippen LogP contribution in [0.2, 0.25) is 0 Å². The Labute approximate surface area is 154 Å². The highest BCUT2D eigenvalue weighted by atomic mass is 35.5. The predicted octanol–water partition coefficient (Wildman–Crippen LogP) is 2.68. The van der Waals surface area contributed by atoms with Crippen molar-refractivity contribution in [3.63, 3.8) is 0 Å². The van der Waals surface area contributed by atoms with Gasteiger partial charge >= 0.3 is 0 Å². The van der Waals surface area contributed by atoms with Crippen molar-refractivity contribution in [3.05, 3.63) is 41.5 Å². The number of hydrogen-bond acceptors (Lipinski definition) is 4. The molecule has 2 aromatic rings. The molecule has 3 rings (SSSR count). The van der Waals surface area contributed by atoms with Gasteiger partial charge in [-0.25, -0.2) is 9.67 Å². The van der Waals surface area contributed by atoms with Crippen LogP contribution in [0.5, 0.6) is 0 Å². The Morgan fingerprint density at radius 2 is 1.88 bits per heavy atom. The zero-order valence-corrected chi connectivity index (χ0v) is 15.8. The van der Waals surface area contributed by atoms with Gasteiger partial charge in [-0.2, -0.15) is 0 Å². The average molecular weight is 364 g/mol. The minimum Gasteiger partial charge on any atom is -0.336 e. The lowest BCUT2D eigenvalue weighted by Gasteiger charge is -2.29. The van der Waals surface area contributed by atoms with Crippen molar-refractivity contribution >= 4 is 18.3 Å². The molecule has 0 unspecified atom stereocenters. The van der Waals surface area contributed by atoms with Gasteiger partial charge in [0.1, 0.15) is 5.82 Å². The molecule has 25 heavy (non-hydrogen) atoms. The maximum Gasteiger partial charge on any atom is 0.293 e. The van der Waals surface area contributed by atoms with Gasteiger partial charge in [0.2, 0.25) is 5.82 Å². The predicted molar refractivity (Wildman–Crippen MR) is 101 cm³/mol. The number of benzene rings is 1. The third-order valence-electron chi connectivity index (χ3n) is 4.57. The topological polar surface area (TPSA) is 77.0 Å². The standard InChI is InChI=1S/C18H25N5O.ClH/c1-12(2)15-6-4-5-7-16(15)23-13(3)20-17(21-23)18(24)22-10-8-14(19)9-11-22;/h4-7,12,14H,8-11,19H2,1-3H3;1H. The number of piperidine rings is 1. The third kappa shape index (κ3) is 4.02. The summed E-state index contributed by atoms with van der Waals surface area (Å²) in [5.74, 6) is 1.25. The van der Waals surface area contributed by atoms with Gasteiger partial charge in [0.25, 0.3) is 5.91 Å². The van der Waals surface area contributed by atoms with Crippen LogP contribution in [-0.4, -0.2) is 44.7 Å². The van der Waals surface area contributed by atoms with Crippen molar-refractivity contribution in [3.8, 4) is 5.69 Å². The number of amides is 1. The van der Waals surface area contributed by atoms with E-state index in [4.69, 9.17) is 5.73 Å². The maximum atomic E-state index is 12.7. The normalized spacial score (nSPS) is 15.3. The number of para-hydroxylation sites is 1. The molecule has 1 fully saturated rings. The summed E-state index contributed by atoms with van der Waals surface area (Å²) in [6.45, 7) is 7.53. The van der Waals surface area contributed by atoms with E-state index in [0.717, 1.165) is 24.4 Å². The van der Waals surface area contributed by atoms with E-state index in [-0.39, 0.29) is 30.2 Å². The summed E-state index contributed by atoms with van der Waals surface area (Å²) in [4.78, 5) is 18.9. The zero-order chi connectivity index (χ0) is 17.3. The van der Waals surface area contributed by atoms with Gasteiger partial charge in [-0.05, 0) is 37.3 Å². The van der Waals surface area contributed by atoms with E-state index >= 15 is 0 Å². The number of aryl methyl sites for hydroxylation is 1. The molecule has 2 heterocycles. The molecule has 0 aliphatic carbocycles. The smallest absolute Gasteiger partial charge is 0.293 e. The number of likely N-dealkylation sites (tertiary alicyclic amines) is 1. The molecule has 1 aliphatic heterocycles. The fourth-order valence-electron chi connectivity index (χ4n) is 3.12. The lowest BCUT2D eigenvalue weighted by atomic mass is 10.0. The van der Waals surface area contributed by atoms with Crippen LogP contribution in [0.25, 0.3) is 5.69 Å². The average Bonchev–Trinajstić information content (AvgIpc) is 2.96. The Morgan fingerprint density at radius 1 is 1.24 bits per heavy atom. The third-order valence-corrected chi connectivity index (χ3v) is 4.57. The number of hydrogen-bond donors (Lipinski definition) is 1. The summed E-state index contributed by atoms with van der Waals surface area (Å²) < 4.78 is 1.78. The lowest BCUT2D eigenvalue weighted by Crippen LogP contribution is -2.43. The molecular weight excluding hydrogens is 338 g/mol. The molecule has 1 aromatic carbocycles. The molecule has 6 nitrogen and oxygen atoms in total. The highest BCUT2D eigenvalue weighted by molar-refractivity contribution is 5.90. The number of nitrogens with zero attached hydrogens (tertiary/aromatic N) is 4. The Morgan fingerprint density at radius 3 is 2.52 bits per heavy atom. The van der Waals surface area contributed by atoms with Gasteiger partial charge in [-0.3, -0.25) is 4.79 Å². The Bertz CT molecular complexity index is 735. The van der Waals surface area contributed by atoms with Crippen LogP contribution < -0.4 is 5.73 Å². The molecule has 136 valence electrons. The minimum atomic E-state index is -0.106. The van der Waals surface area contributed by atoms with Crippen LogP contribution in [0.4, 0.5) is 0 Å². The van der Waals surface area contributed by atoms with Crippen molar-refractivity contribution in [1.29, 1.82) is 0 Å². The van der Waals surface area contributed by atoms with E-state index in [2.05, 4.69) is 30.0 Å². The molecular formula is C18H26ClN5O. The summed E-state index contributed by atoms with van der Waals surface area (Å²) in [5.41, 5.74) is 8.08. The molecule has 1 amide bonds. The Balaban J connectivity index is 0.00000225. The number of rotatable bonds is 3. The Hall–Kier alpha value is -1.92. The van der Waals surface area contributed by atoms with Crippen LogP contribution in [0.15, 0.2) is 24.3 Å². The molecule has 0 saturated carbocycles. The second-order valence-electron chi connectivity index (χ2n) is 6.74. The quantitative estimate of drug-likeness (QED) is 0.909. The molecule has 2 N–H and O–H groups in total. The van der Waals surface area contributed by atoms with Crippen molar-refractivity contribution in [2.45, 2.75) is 45.6 Å². The molecule has 0 radical (unpaired) electrons. The van der Waals surface area contributed by atoms with E-state index in [1.807, 2.05) is 25.1 Å². The minimum absolute atomic E-state index is 0. The number of nitrogens with two attached hydrogens (primary N) is 1. The highest BCUT2D eigenvalue weighted by Gasteiger charge is 2.25. The van der Waals surface area contributed by atoms with E-state index < -0.39 is 0 Å². The van der Waals surface area contributed by atoms with Gasteiger partial charge in [0.05, 0.1) is 5.69 Å². The zero-order valence-electron chi connectivity index (χ0n) is 15.0. The van der Waals surface area contributed by atoms with Crippen molar-refractivity contribution in [1.82, 2.24) is 19.7 Å². The van der Waals surface area contributed by atoms with Gasteiger partial charge in [0, 0.05) is 19.1 Å². The molecule has 0 bridgehead atoms. The first kappa shape index (κ1) is 19.4. The molecule has 1 aromatic heterocycles. The summed E-state index contributed by atoms with van der Waals surface area (Å²) in [6, 6.07) is 8.31. The number of carbonyl (C=O) groups is 1. The molecule has 0 atom stereocenters. The molecule has 0 spiro atoms. The second-order valence-corrected chi connectivity index (χ2v) is 6.74. The van der Waals surface area contributed by atoms with E-state index in [1.54, 1.807) is 9.58 Å². The lowest BCUT2D eigenvalue weighted by molar-refractivity contribution is 0.0702. The first-order valence-corrected chi connectivity index (χ1v) is 8.55. The SMILES string of the molecule is Cc1nc(C(=O)N2CCC(N)CC2)nn1-c1ccccc1C(C)C.Cl. The van der Waals surface area contributed by atoms with Crippen LogP contribution >= 0.6 is 12.4 Å². The summed E-state index contributed by atoms with van der Waals surface area (Å²) in [7, 11) is 0. The first-order valence-electron chi connectivity index (χ1n) is 8.55. The molecule has 1 saturated heterocycles. The summed E-state index contributed by atoms with van der Waals surface area (Å²) in [5, 5.41) is 4.50. The van der Waals surface area contributed by atoms with Crippen molar-refractivity contribution in [2.24, 2.45) is 5.73 Å². The van der Waals surface area contributed by atoms with E-state index in [0.29, 0.717) is 19.0 Å². The van der Waals surface area contributed by atoms with Gasteiger partial charge in [-0.1, -0.05) is 32.0 Å². The first-order chi connectivity index (χ1) is 11.5. The number of halogens is 1. The van der Waals surface area contributed by atoms with Gasteiger partial charge < -0.3 is 10.6 Å².